The van der Waals surface area contributed by atoms with Crippen LogP contribution in [-0.4, -0.2) is 36.2 Å². The molecule has 0 saturated carbocycles. The summed E-state index contributed by atoms with van der Waals surface area (Å²) in [5, 5.41) is 13.6. The first-order valence-electron chi connectivity index (χ1n) is 8.25. The van der Waals surface area contributed by atoms with Gasteiger partial charge in [-0.3, -0.25) is 4.90 Å². The second kappa shape index (κ2) is 7.90. The number of piperidine rings is 1. The Balaban J connectivity index is 1.55. The minimum atomic E-state index is 0.368. The Morgan fingerprint density at radius 2 is 1.96 bits per heavy atom. The minimum absolute atomic E-state index is 0.368. The lowest BCUT2D eigenvalue weighted by atomic mass is 10.0. The van der Waals surface area contributed by atoms with Crippen LogP contribution in [0.3, 0.4) is 0 Å². The molecule has 1 saturated heterocycles. The van der Waals surface area contributed by atoms with Gasteiger partial charge in [0.1, 0.15) is 11.5 Å². The molecule has 1 heterocycles. The van der Waals surface area contributed by atoms with Gasteiger partial charge < -0.3 is 15.2 Å². The normalized spacial score (nSPS) is 16.1. The standard InChI is InChI=1S/C19H23BrN2O2/c1-24-19-5-3-2-4-17(19)21-16-8-10-22(11-9-16)13-14-12-15(20)6-7-18(14)23/h2-7,12,16,21,23H,8-11,13H2,1H3. The molecule has 3 rings (SSSR count). The summed E-state index contributed by atoms with van der Waals surface area (Å²) >= 11 is 3.47. The molecule has 2 aromatic carbocycles. The zero-order chi connectivity index (χ0) is 16.9. The van der Waals surface area contributed by atoms with Gasteiger partial charge >= 0.3 is 0 Å². The number of anilines is 1. The number of likely N-dealkylation sites (tertiary alicyclic amines) is 1. The van der Waals surface area contributed by atoms with E-state index < -0.39 is 0 Å². The van der Waals surface area contributed by atoms with Crippen LogP contribution in [0.25, 0.3) is 0 Å². The van der Waals surface area contributed by atoms with E-state index in [4.69, 9.17) is 4.74 Å². The largest absolute Gasteiger partial charge is 0.508 e. The fourth-order valence-corrected chi connectivity index (χ4v) is 3.55. The van der Waals surface area contributed by atoms with E-state index in [0.717, 1.165) is 53.9 Å². The van der Waals surface area contributed by atoms with Gasteiger partial charge in [-0.2, -0.15) is 0 Å². The van der Waals surface area contributed by atoms with Crippen LogP contribution in [0.1, 0.15) is 18.4 Å². The molecule has 0 amide bonds. The molecule has 4 nitrogen and oxygen atoms in total. The molecular weight excluding hydrogens is 368 g/mol. The van der Waals surface area contributed by atoms with Crippen LogP contribution in [-0.2, 0) is 6.54 Å². The number of nitrogens with zero attached hydrogens (tertiary/aromatic N) is 1. The highest BCUT2D eigenvalue weighted by Gasteiger charge is 2.20. The SMILES string of the molecule is COc1ccccc1NC1CCN(Cc2cc(Br)ccc2O)CC1. The van der Waals surface area contributed by atoms with Crippen molar-refractivity contribution in [3.05, 3.63) is 52.5 Å². The van der Waals surface area contributed by atoms with Crippen molar-refractivity contribution in [2.75, 3.05) is 25.5 Å². The summed E-state index contributed by atoms with van der Waals surface area (Å²) in [6, 6.07) is 14.1. The molecule has 0 unspecified atom stereocenters. The van der Waals surface area contributed by atoms with Crippen LogP contribution in [0.2, 0.25) is 0 Å². The molecular formula is C19H23BrN2O2. The number of aromatic hydroxyl groups is 1. The van der Waals surface area contributed by atoms with Crippen LogP contribution in [0.4, 0.5) is 5.69 Å². The number of phenolic OH excluding ortho intramolecular Hbond substituents is 1. The van der Waals surface area contributed by atoms with Crippen molar-refractivity contribution in [1.29, 1.82) is 0 Å². The predicted octanol–water partition coefficient (Wildman–Crippen LogP) is 4.24. The fraction of sp³-hybridized carbons (Fsp3) is 0.368. The smallest absolute Gasteiger partial charge is 0.141 e. The van der Waals surface area contributed by atoms with Gasteiger partial charge in [0.2, 0.25) is 0 Å². The van der Waals surface area contributed by atoms with Crippen molar-refractivity contribution in [2.45, 2.75) is 25.4 Å². The summed E-state index contributed by atoms with van der Waals surface area (Å²) in [5.41, 5.74) is 2.03. The Hall–Kier alpha value is -1.72. The Kier molecular flexibility index (Phi) is 5.63. The van der Waals surface area contributed by atoms with Crippen LogP contribution >= 0.6 is 15.9 Å². The molecule has 5 heteroatoms. The number of rotatable bonds is 5. The van der Waals surface area contributed by atoms with E-state index in [1.165, 1.54) is 0 Å². The average Bonchev–Trinajstić information content (AvgIpc) is 2.60. The molecule has 1 aliphatic rings. The number of ether oxygens (including phenoxy) is 1. The highest BCUT2D eigenvalue weighted by molar-refractivity contribution is 9.10. The molecule has 0 aromatic heterocycles. The van der Waals surface area contributed by atoms with E-state index >= 15 is 0 Å². The number of nitrogens with one attached hydrogen (secondary N) is 1. The number of phenols is 1. The summed E-state index contributed by atoms with van der Waals surface area (Å²) in [6.45, 7) is 2.81. The van der Waals surface area contributed by atoms with E-state index in [2.05, 4.69) is 32.2 Å². The molecule has 2 N–H and O–H groups in total. The van der Waals surface area contributed by atoms with Crippen LogP contribution in [0, 0.1) is 0 Å². The third-order valence-electron chi connectivity index (χ3n) is 4.49. The molecule has 0 atom stereocenters. The molecule has 24 heavy (non-hydrogen) atoms. The van der Waals surface area contributed by atoms with Crippen molar-refractivity contribution < 1.29 is 9.84 Å². The Bertz CT molecular complexity index is 685. The van der Waals surface area contributed by atoms with Crippen molar-refractivity contribution in [2.24, 2.45) is 0 Å². The Morgan fingerprint density at radius 1 is 1.21 bits per heavy atom. The van der Waals surface area contributed by atoms with Crippen LogP contribution in [0.5, 0.6) is 11.5 Å². The minimum Gasteiger partial charge on any atom is -0.508 e. The quantitative estimate of drug-likeness (QED) is 0.801. The van der Waals surface area contributed by atoms with Crippen LogP contribution < -0.4 is 10.1 Å². The molecule has 0 radical (unpaired) electrons. The van der Waals surface area contributed by atoms with Crippen molar-refractivity contribution in [1.82, 2.24) is 4.90 Å². The first-order chi connectivity index (χ1) is 11.7. The highest BCUT2D eigenvalue weighted by Crippen LogP contribution is 2.28. The van der Waals surface area contributed by atoms with E-state index in [0.29, 0.717) is 11.8 Å². The first-order valence-corrected chi connectivity index (χ1v) is 9.04. The summed E-state index contributed by atoms with van der Waals surface area (Å²) < 4.78 is 6.41. The third-order valence-corrected chi connectivity index (χ3v) is 4.98. The second-order valence-corrected chi connectivity index (χ2v) is 7.08. The number of benzene rings is 2. The van der Waals surface area contributed by atoms with Gasteiger partial charge in [-0.25, -0.2) is 0 Å². The third kappa shape index (κ3) is 4.22. The van der Waals surface area contributed by atoms with Gasteiger partial charge in [0.05, 0.1) is 12.8 Å². The maximum atomic E-state index is 10.00. The lowest BCUT2D eigenvalue weighted by Gasteiger charge is -2.33. The van der Waals surface area contributed by atoms with Crippen molar-refractivity contribution >= 4 is 21.6 Å². The van der Waals surface area contributed by atoms with Gasteiger partial charge in [-0.05, 0) is 43.2 Å². The summed E-state index contributed by atoms with van der Waals surface area (Å²) in [4.78, 5) is 2.39. The molecule has 0 spiro atoms. The number of hydrogen-bond acceptors (Lipinski definition) is 4. The van der Waals surface area contributed by atoms with Crippen LogP contribution in [0.15, 0.2) is 46.9 Å². The van der Waals surface area contributed by atoms with E-state index in [9.17, 15) is 5.11 Å². The highest BCUT2D eigenvalue weighted by atomic mass is 79.9. The van der Waals surface area contributed by atoms with Gasteiger partial charge in [0.15, 0.2) is 0 Å². The number of halogens is 1. The molecule has 2 aromatic rings. The van der Waals surface area contributed by atoms with Gasteiger partial charge in [0.25, 0.3) is 0 Å². The summed E-state index contributed by atoms with van der Waals surface area (Å²) in [6.07, 6.45) is 2.15. The van der Waals surface area contributed by atoms with Crippen molar-refractivity contribution in [3.63, 3.8) is 0 Å². The topological polar surface area (TPSA) is 44.7 Å². The predicted molar refractivity (Wildman–Crippen MR) is 101 cm³/mol. The average molecular weight is 391 g/mol. The Labute approximate surface area is 151 Å². The monoisotopic (exact) mass is 390 g/mol. The fourth-order valence-electron chi connectivity index (χ4n) is 3.14. The van der Waals surface area contributed by atoms with Gasteiger partial charge in [0, 0.05) is 35.7 Å². The lowest BCUT2D eigenvalue weighted by Crippen LogP contribution is -2.38. The van der Waals surface area contributed by atoms with Gasteiger partial charge in [-0.1, -0.05) is 28.1 Å². The number of methoxy groups -OCH3 is 1. The molecule has 0 bridgehead atoms. The zero-order valence-corrected chi connectivity index (χ0v) is 15.4. The molecule has 128 valence electrons. The molecule has 1 aliphatic heterocycles. The molecule has 0 aliphatic carbocycles. The van der Waals surface area contributed by atoms with E-state index in [1.807, 2.05) is 30.3 Å². The second-order valence-electron chi connectivity index (χ2n) is 6.17. The van der Waals surface area contributed by atoms with Gasteiger partial charge in [-0.15, -0.1) is 0 Å². The molecule has 1 fully saturated rings. The summed E-state index contributed by atoms with van der Waals surface area (Å²) in [7, 11) is 1.70. The maximum absolute atomic E-state index is 10.00. The Morgan fingerprint density at radius 3 is 2.71 bits per heavy atom. The summed E-state index contributed by atoms with van der Waals surface area (Å²) in [5.74, 6) is 1.26. The lowest BCUT2D eigenvalue weighted by molar-refractivity contribution is 0.209. The van der Waals surface area contributed by atoms with Crippen molar-refractivity contribution in [3.8, 4) is 11.5 Å². The number of para-hydroxylation sites is 2. The first kappa shape index (κ1) is 17.1. The zero-order valence-electron chi connectivity index (χ0n) is 13.8. The number of hydrogen-bond donors (Lipinski definition) is 2. The van der Waals surface area contributed by atoms with E-state index in [1.54, 1.807) is 13.2 Å². The maximum Gasteiger partial charge on any atom is 0.141 e. The van der Waals surface area contributed by atoms with E-state index in [-0.39, 0.29) is 0 Å².